The van der Waals surface area contributed by atoms with Crippen molar-refractivity contribution in [3.8, 4) is 0 Å². The van der Waals surface area contributed by atoms with Crippen LogP contribution in [0.2, 0.25) is 0 Å². The molecule has 1 saturated carbocycles. The Balaban J connectivity index is 1.96. The van der Waals surface area contributed by atoms with Crippen LogP contribution in [-0.2, 0) is 26.9 Å². The van der Waals surface area contributed by atoms with Gasteiger partial charge in [0.1, 0.15) is 0 Å². The average Bonchev–Trinajstić information content (AvgIpc) is 2.54. The molecule has 1 N–H and O–H groups in total. The minimum Gasteiger partial charge on any atom is -0.481 e. The van der Waals surface area contributed by atoms with E-state index in [4.69, 9.17) is 5.11 Å². The first kappa shape index (κ1) is 17.7. The third-order valence-corrected chi connectivity index (χ3v) is 5.36. The fourth-order valence-electron chi connectivity index (χ4n) is 3.09. The van der Waals surface area contributed by atoms with Gasteiger partial charge in [-0.2, -0.15) is 0 Å². The number of aliphatic carboxylic acids is 1. The van der Waals surface area contributed by atoms with Crippen molar-refractivity contribution in [1.82, 2.24) is 4.90 Å². The second-order valence-corrected chi connectivity index (χ2v) is 7.57. The van der Waals surface area contributed by atoms with E-state index in [1.54, 1.807) is 18.2 Å². The molecule has 3 atom stereocenters. The Bertz CT molecular complexity index is 599. The zero-order valence-corrected chi connectivity index (χ0v) is 14.3. The minimum atomic E-state index is -1.01. The normalized spacial score (nSPS) is 22.3. The van der Waals surface area contributed by atoms with Gasteiger partial charge in [-0.1, -0.05) is 18.6 Å². The van der Waals surface area contributed by atoms with Gasteiger partial charge in [0.25, 0.3) is 0 Å². The topological polar surface area (TPSA) is 74.7 Å². The number of carbonyl (C=O) groups excluding carboxylic acids is 1. The summed E-state index contributed by atoms with van der Waals surface area (Å²) in [5.41, 5.74) is 0.973. The summed E-state index contributed by atoms with van der Waals surface area (Å²) in [5.74, 6) is -1.38. The van der Waals surface area contributed by atoms with E-state index in [2.05, 4.69) is 0 Å². The Kier molecular flexibility index (Phi) is 5.93. The van der Waals surface area contributed by atoms with Crippen LogP contribution >= 0.6 is 0 Å². The molecule has 1 fully saturated rings. The standard InChI is InChI=1S/C17H23NO4S/c1-18(11-12-6-8-15(9-7-12)23(2)22)16(19)13-4-3-5-14(10-13)17(20)21/h6-9,13-14H,3-5,10-11H2,1-2H3,(H,20,21). The molecule has 0 heterocycles. The Morgan fingerprint density at radius 1 is 1.22 bits per heavy atom. The molecule has 3 unspecified atom stereocenters. The molecular formula is C17H23NO4S. The lowest BCUT2D eigenvalue weighted by Gasteiger charge is -2.29. The third-order valence-electron chi connectivity index (χ3n) is 4.42. The molecule has 1 aliphatic rings. The van der Waals surface area contributed by atoms with Gasteiger partial charge in [0.15, 0.2) is 0 Å². The fourth-order valence-corrected chi connectivity index (χ4v) is 3.61. The van der Waals surface area contributed by atoms with Crippen molar-refractivity contribution in [2.45, 2.75) is 37.1 Å². The highest BCUT2D eigenvalue weighted by Crippen LogP contribution is 2.30. The summed E-state index contributed by atoms with van der Waals surface area (Å²) in [5, 5.41) is 9.13. The molecule has 0 aliphatic heterocycles. The van der Waals surface area contributed by atoms with Crippen LogP contribution in [0.25, 0.3) is 0 Å². The number of nitrogens with zero attached hydrogens (tertiary/aromatic N) is 1. The Hall–Kier alpha value is -1.69. The summed E-state index contributed by atoms with van der Waals surface area (Å²) in [7, 11) is 0.741. The molecule has 5 nitrogen and oxygen atoms in total. The van der Waals surface area contributed by atoms with E-state index in [0.29, 0.717) is 19.4 Å². The molecule has 126 valence electrons. The highest BCUT2D eigenvalue weighted by atomic mass is 32.2. The number of amides is 1. The summed E-state index contributed by atoms with van der Waals surface area (Å²) in [4.78, 5) is 26.1. The maximum atomic E-state index is 12.5. The summed E-state index contributed by atoms with van der Waals surface area (Å²) >= 11 is 0. The predicted molar refractivity (Wildman–Crippen MR) is 88.3 cm³/mol. The Morgan fingerprint density at radius 2 is 1.83 bits per heavy atom. The zero-order chi connectivity index (χ0) is 17.0. The first-order chi connectivity index (χ1) is 10.9. The summed E-state index contributed by atoms with van der Waals surface area (Å²) in [6, 6.07) is 7.37. The van der Waals surface area contributed by atoms with E-state index in [1.807, 2.05) is 24.3 Å². The van der Waals surface area contributed by atoms with Crippen LogP contribution < -0.4 is 0 Å². The van der Waals surface area contributed by atoms with E-state index in [9.17, 15) is 13.8 Å². The van der Waals surface area contributed by atoms with E-state index in [1.165, 1.54) is 0 Å². The molecule has 0 saturated heterocycles. The van der Waals surface area contributed by atoms with Crippen LogP contribution in [-0.4, -0.2) is 39.4 Å². The number of carboxylic acid groups (broad SMARTS) is 1. The molecule has 0 spiro atoms. The van der Waals surface area contributed by atoms with Gasteiger partial charge in [0.05, 0.1) is 5.92 Å². The number of carbonyl (C=O) groups is 2. The average molecular weight is 337 g/mol. The van der Waals surface area contributed by atoms with Crippen LogP contribution in [0.3, 0.4) is 0 Å². The predicted octanol–water partition coefficient (Wildman–Crippen LogP) is 2.27. The largest absolute Gasteiger partial charge is 0.481 e. The number of hydrogen-bond acceptors (Lipinski definition) is 3. The molecule has 23 heavy (non-hydrogen) atoms. The quantitative estimate of drug-likeness (QED) is 0.894. The van der Waals surface area contributed by atoms with Gasteiger partial charge in [-0.3, -0.25) is 13.8 Å². The molecule has 1 aromatic rings. The van der Waals surface area contributed by atoms with E-state index < -0.39 is 22.7 Å². The second kappa shape index (κ2) is 7.73. The molecule has 2 rings (SSSR count). The molecule has 1 amide bonds. The van der Waals surface area contributed by atoms with Gasteiger partial charge in [0, 0.05) is 41.5 Å². The van der Waals surface area contributed by atoms with Crippen LogP contribution in [0.4, 0.5) is 0 Å². The minimum absolute atomic E-state index is 0.0131. The zero-order valence-electron chi connectivity index (χ0n) is 13.5. The second-order valence-electron chi connectivity index (χ2n) is 6.19. The number of rotatable bonds is 5. The number of hydrogen-bond donors (Lipinski definition) is 1. The monoisotopic (exact) mass is 337 g/mol. The van der Waals surface area contributed by atoms with Crippen molar-refractivity contribution in [2.24, 2.45) is 11.8 Å². The Morgan fingerprint density at radius 3 is 2.39 bits per heavy atom. The molecule has 0 aromatic heterocycles. The van der Waals surface area contributed by atoms with E-state index >= 15 is 0 Å². The highest BCUT2D eigenvalue weighted by molar-refractivity contribution is 7.84. The van der Waals surface area contributed by atoms with Crippen LogP contribution in [0.5, 0.6) is 0 Å². The summed E-state index contributed by atoms with van der Waals surface area (Å²) in [6.07, 6.45) is 4.29. The molecule has 1 aromatic carbocycles. The maximum Gasteiger partial charge on any atom is 0.306 e. The van der Waals surface area contributed by atoms with Crippen molar-refractivity contribution >= 4 is 22.7 Å². The van der Waals surface area contributed by atoms with Gasteiger partial charge in [-0.05, 0) is 37.0 Å². The third kappa shape index (κ3) is 4.64. The van der Waals surface area contributed by atoms with Gasteiger partial charge in [-0.15, -0.1) is 0 Å². The first-order valence-electron chi connectivity index (χ1n) is 7.78. The van der Waals surface area contributed by atoms with Crippen LogP contribution in [0.1, 0.15) is 31.2 Å². The maximum absolute atomic E-state index is 12.5. The lowest BCUT2D eigenvalue weighted by molar-refractivity contribution is -0.145. The van der Waals surface area contributed by atoms with Crippen molar-refractivity contribution in [3.63, 3.8) is 0 Å². The fraction of sp³-hybridized carbons (Fsp3) is 0.529. The van der Waals surface area contributed by atoms with Crippen molar-refractivity contribution in [3.05, 3.63) is 29.8 Å². The summed E-state index contributed by atoms with van der Waals surface area (Å²) in [6.45, 7) is 0.476. The smallest absolute Gasteiger partial charge is 0.306 e. The lowest BCUT2D eigenvalue weighted by Crippen LogP contribution is -2.36. The molecule has 0 bridgehead atoms. The SMILES string of the molecule is CN(Cc1ccc(S(C)=O)cc1)C(=O)C1CCCC(C(=O)O)C1. The van der Waals surface area contributed by atoms with Gasteiger partial charge in [-0.25, -0.2) is 0 Å². The number of carboxylic acids is 1. The van der Waals surface area contributed by atoms with Crippen molar-refractivity contribution in [1.29, 1.82) is 0 Å². The summed E-state index contributed by atoms with van der Waals surface area (Å²) < 4.78 is 11.4. The molecule has 0 radical (unpaired) electrons. The van der Waals surface area contributed by atoms with Gasteiger partial charge in [0.2, 0.25) is 5.91 Å². The molecule has 1 aliphatic carbocycles. The van der Waals surface area contributed by atoms with Gasteiger partial charge < -0.3 is 10.0 Å². The van der Waals surface area contributed by atoms with Crippen molar-refractivity contribution in [2.75, 3.05) is 13.3 Å². The number of benzene rings is 1. The van der Waals surface area contributed by atoms with Gasteiger partial charge >= 0.3 is 5.97 Å². The molecule has 6 heteroatoms. The van der Waals surface area contributed by atoms with Crippen LogP contribution in [0.15, 0.2) is 29.2 Å². The van der Waals surface area contributed by atoms with Crippen molar-refractivity contribution < 1.29 is 18.9 Å². The van der Waals surface area contributed by atoms with E-state index in [0.717, 1.165) is 23.3 Å². The lowest BCUT2D eigenvalue weighted by atomic mass is 9.81. The van der Waals surface area contributed by atoms with Crippen LogP contribution in [0, 0.1) is 11.8 Å². The van der Waals surface area contributed by atoms with E-state index in [-0.39, 0.29) is 11.8 Å². The Labute approximate surface area is 139 Å². The highest BCUT2D eigenvalue weighted by Gasteiger charge is 2.32. The first-order valence-corrected chi connectivity index (χ1v) is 9.34. The molecular weight excluding hydrogens is 314 g/mol.